The molecule has 0 atom stereocenters. The van der Waals surface area contributed by atoms with Gasteiger partial charge in [-0.1, -0.05) is 59.6 Å². The normalized spacial score (nSPS) is 14.2. The Morgan fingerprint density at radius 1 is 0.784 bits per heavy atom. The molecule has 3 aromatic carbocycles. The Kier molecular flexibility index (Phi) is 6.88. The first-order chi connectivity index (χ1) is 17.7. The summed E-state index contributed by atoms with van der Waals surface area (Å²) >= 11 is 12.3. The number of aromatic nitrogens is 2. The van der Waals surface area contributed by atoms with E-state index in [1.54, 1.807) is 39.9 Å². The highest BCUT2D eigenvalue weighted by atomic mass is 35.5. The molecule has 10 heteroatoms. The van der Waals surface area contributed by atoms with Gasteiger partial charge in [0.05, 0.1) is 27.0 Å². The predicted molar refractivity (Wildman–Crippen MR) is 139 cm³/mol. The molecular weight excluding hydrogens is 524 g/mol. The lowest BCUT2D eigenvalue weighted by atomic mass is 10.1. The number of nitrogens with zero attached hydrogens (tertiary/aromatic N) is 4. The van der Waals surface area contributed by atoms with Crippen LogP contribution in [0.5, 0.6) is 0 Å². The summed E-state index contributed by atoms with van der Waals surface area (Å²) in [6.07, 6.45) is -4.41. The van der Waals surface area contributed by atoms with Crippen LogP contribution in [-0.2, 0) is 6.18 Å². The van der Waals surface area contributed by atoms with E-state index in [0.29, 0.717) is 59.0 Å². The molecule has 0 bridgehead atoms. The lowest BCUT2D eigenvalue weighted by molar-refractivity contribution is -0.137. The molecule has 1 aliphatic heterocycles. The van der Waals surface area contributed by atoms with Crippen LogP contribution in [0.3, 0.4) is 0 Å². The molecule has 1 saturated heterocycles. The molecule has 1 aliphatic rings. The minimum Gasteiger partial charge on any atom is -0.368 e. The average Bonchev–Trinajstić information content (AvgIpc) is 3.36. The van der Waals surface area contributed by atoms with Crippen LogP contribution in [0, 0.1) is 0 Å². The number of piperazine rings is 1. The largest absolute Gasteiger partial charge is 0.416 e. The Bertz CT molecular complexity index is 1430. The van der Waals surface area contributed by atoms with Gasteiger partial charge >= 0.3 is 6.18 Å². The maximum atomic E-state index is 13.7. The number of halogens is 5. The standard InChI is InChI=1S/C27H21Cl2F3N4O/c28-22-10-9-21(16-23(22)29)36-25(17-24(33-36)18-5-2-1-3-6-18)26(37)35-13-11-34(12-14-35)20-8-4-7-19(15-20)27(30,31)32/h1-10,15-17H,11-14H2. The number of alkyl halides is 3. The van der Waals surface area contributed by atoms with Gasteiger partial charge in [0.1, 0.15) is 5.69 Å². The van der Waals surface area contributed by atoms with Crippen LogP contribution in [0.2, 0.25) is 10.0 Å². The summed E-state index contributed by atoms with van der Waals surface area (Å²) in [5, 5.41) is 5.41. The van der Waals surface area contributed by atoms with E-state index in [4.69, 9.17) is 23.2 Å². The van der Waals surface area contributed by atoms with E-state index in [-0.39, 0.29) is 5.91 Å². The number of carbonyl (C=O) groups excluding carboxylic acids is 1. The number of anilines is 1. The Hall–Kier alpha value is -3.49. The number of amides is 1. The van der Waals surface area contributed by atoms with Crippen molar-refractivity contribution in [2.24, 2.45) is 0 Å². The number of hydrogen-bond donors (Lipinski definition) is 0. The second-order valence-electron chi connectivity index (χ2n) is 8.62. The third-order valence-electron chi connectivity index (χ3n) is 6.25. The van der Waals surface area contributed by atoms with Crippen molar-refractivity contribution in [1.82, 2.24) is 14.7 Å². The van der Waals surface area contributed by atoms with Crippen molar-refractivity contribution in [2.45, 2.75) is 6.18 Å². The van der Waals surface area contributed by atoms with Crippen LogP contribution >= 0.6 is 23.2 Å². The smallest absolute Gasteiger partial charge is 0.368 e. The number of carbonyl (C=O) groups is 1. The Morgan fingerprint density at radius 3 is 2.19 bits per heavy atom. The van der Waals surface area contributed by atoms with Gasteiger partial charge in [-0.3, -0.25) is 4.79 Å². The van der Waals surface area contributed by atoms with Crippen LogP contribution in [0.1, 0.15) is 16.1 Å². The molecule has 0 N–H and O–H groups in total. The van der Waals surface area contributed by atoms with Gasteiger partial charge in [0.2, 0.25) is 0 Å². The van der Waals surface area contributed by atoms with Gasteiger partial charge in [0.25, 0.3) is 5.91 Å². The second-order valence-corrected chi connectivity index (χ2v) is 9.43. The minimum atomic E-state index is -4.41. The van der Waals surface area contributed by atoms with Crippen LogP contribution < -0.4 is 4.90 Å². The Labute approximate surface area is 221 Å². The van der Waals surface area contributed by atoms with Gasteiger partial charge in [-0.2, -0.15) is 18.3 Å². The topological polar surface area (TPSA) is 41.4 Å². The first-order valence-corrected chi connectivity index (χ1v) is 12.3. The summed E-state index contributed by atoms with van der Waals surface area (Å²) < 4.78 is 41.0. The second kappa shape index (κ2) is 10.1. The van der Waals surface area contributed by atoms with E-state index < -0.39 is 11.7 Å². The van der Waals surface area contributed by atoms with Gasteiger partial charge in [0.15, 0.2) is 0 Å². The molecule has 0 spiro atoms. The van der Waals surface area contributed by atoms with E-state index in [1.165, 1.54) is 6.07 Å². The van der Waals surface area contributed by atoms with Crippen molar-refractivity contribution in [3.8, 4) is 16.9 Å². The highest BCUT2D eigenvalue weighted by Crippen LogP contribution is 2.32. The molecule has 190 valence electrons. The van der Waals surface area contributed by atoms with Crippen LogP contribution in [-0.4, -0.2) is 46.8 Å². The van der Waals surface area contributed by atoms with Crippen molar-refractivity contribution < 1.29 is 18.0 Å². The summed E-state index contributed by atoms with van der Waals surface area (Å²) in [4.78, 5) is 17.2. The molecule has 0 unspecified atom stereocenters. The quantitative estimate of drug-likeness (QED) is 0.283. The average molecular weight is 545 g/mol. The molecule has 5 rings (SSSR count). The van der Waals surface area contributed by atoms with Crippen LogP contribution in [0.4, 0.5) is 18.9 Å². The maximum absolute atomic E-state index is 13.7. The molecule has 0 radical (unpaired) electrons. The van der Waals surface area contributed by atoms with E-state index in [1.807, 2.05) is 35.2 Å². The summed E-state index contributed by atoms with van der Waals surface area (Å²) in [7, 11) is 0. The van der Waals surface area contributed by atoms with Gasteiger partial charge in [-0.05, 0) is 42.5 Å². The van der Waals surface area contributed by atoms with E-state index >= 15 is 0 Å². The zero-order valence-corrected chi connectivity index (χ0v) is 20.9. The maximum Gasteiger partial charge on any atom is 0.416 e. The fraction of sp³-hybridized carbons (Fsp3) is 0.185. The van der Waals surface area contributed by atoms with Crippen LogP contribution in [0.25, 0.3) is 16.9 Å². The van der Waals surface area contributed by atoms with Crippen molar-refractivity contribution in [2.75, 3.05) is 31.1 Å². The fourth-order valence-electron chi connectivity index (χ4n) is 4.31. The minimum absolute atomic E-state index is 0.232. The lowest BCUT2D eigenvalue weighted by Crippen LogP contribution is -2.49. The Morgan fingerprint density at radius 2 is 1.51 bits per heavy atom. The monoisotopic (exact) mass is 544 g/mol. The van der Waals surface area contributed by atoms with Crippen molar-refractivity contribution in [3.63, 3.8) is 0 Å². The molecule has 0 saturated carbocycles. The molecule has 1 aromatic heterocycles. The molecule has 1 fully saturated rings. The zero-order valence-electron chi connectivity index (χ0n) is 19.4. The number of benzene rings is 3. The zero-order chi connectivity index (χ0) is 26.2. The third kappa shape index (κ3) is 5.31. The van der Waals surface area contributed by atoms with Gasteiger partial charge in [-0.15, -0.1) is 0 Å². The van der Waals surface area contributed by atoms with Gasteiger partial charge in [-0.25, -0.2) is 4.68 Å². The number of hydrogen-bond acceptors (Lipinski definition) is 3. The number of rotatable bonds is 4. The first-order valence-electron chi connectivity index (χ1n) is 11.5. The summed E-state index contributed by atoms with van der Waals surface area (Å²) in [6.45, 7) is 1.50. The summed E-state index contributed by atoms with van der Waals surface area (Å²) in [5.74, 6) is -0.232. The Balaban J connectivity index is 1.41. The predicted octanol–water partition coefficient (Wildman–Crippen LogP) is 6.83. The molecule has 4 aromatic rings. The molecule has 37 heavy (non-hydrogen) atoms. The van der Waals surface area contributed by atoms with Gasteiger partial charge in [0, 0.05) is 37.4 Å². The van der Waals surface area contributed by atoms with Crippen LogP contribution in [0.15, 0.2) is 78.9 Å². The fourth-order valence-corrected chi connectivity index (χ4v) is 4.60. The van der Waals surface area contributed by atoms with E-state index in [2.05, 4.69) is 5.10 Å². The highest BCUT2D eigenvalue weighted by molar-refractivity contribution is 6.42. The van der Waals surface area contributed by atoms with E-state index in [0.717, 1.165) is 17.7 Å². The summed E-state index contributed by atoms with van der Waals surface area (Å²) in [5.41, 5.74) is 2.20. The molecule has 2 heterocycles. The summed E-state index contributed by atoms with van der Waals surface area (Å²) in [6, 6.07) is 21.5. The third-order valence-corrected chi connectivity index (χ3v) is 6.99. The molecule has 1 amide bonds. The molecule has 5 nitrogen and oxygen atoms in total. The van der Waals surface area contributed by atoms with Crippen molar-refractivity contribution >= 4 is 34.8 Å². The molecular formula is C27H21Cl2F3N4O. The highest BCUT2D eigenvalue weighted by Gasteiger charge is 2.32. The SMILES string of the molecule is O=C(c1cc(-c2ccccc2)nn1-c1ccc(Cl)c(Cl)c1)N1CCN(c2cccc(C(F)(F)F)c2)CC1. The van der Waals surface area contributed by atoms with E-state index in [9.17, 15) is 18.0 Å². The first kappa shape index (κ1) is 25.2. The van der Waals surface area contributed by atoms with Gasteiger partial charge < -0.3 is 9.80 Å². The lowest BCUT2D eigenvalue weighted by Gasteiger charge is -2.36. The van der Waals surface area contributed by atoms with Crippen molar-refractivity contribution in [3.05, 3.63) is 100 Å². The van der Waals surface area contributed by atoms with Crippen molar-refractivity contribution in [1.29, 1.82) is 0 Å². The molecule has 0 aliphatic carbocycles.